The zero-order valence-corrected chi connectivity index (χ0v) is 9.44. The van der Waals surface area contributed by atoms with E-state index in [1.165, 1.54) is 12.6 Å². The Morgan fingerprint density at radius 1 is 1.08 bits per heavy atom. The number of rotatable bonds is 2. The second-order valence-corrected chi connectivity index (χ2v) is 3.25. The minimum Gasteiger partial charge on any atom is -0.312 e. The lowest BCUT2D eigenvalue weighted by Gasteiger charge is -1.93. The van der Waals surface area contributed by atoms with Crippen molar-refractivity contribution in [3.05, 3.63) is 0 Å². The molecule has 0 aliphatic heterocycles. The second-order valence-electron chi connectivity index (χ2n) is 3.25. The smallest absolute Gasteiger partial charge is 0.230 e. The maximum atomic E-state index is 3.13. The third-order valence-electron chi connectivity index (χ3n) is 1.33. The minimum atomic E-state index is 0.639. The molecule has 0 atom stereocenters. The van der Waals surface area contributed by atoms with Crippen molar-refractivity contribution in [2.24, 2.45) is 0 Å². The average Bonchev–Trinajstić information content (AvgIpc) is 1.99. The Morgan fingerprint density at radius 2 is 1.42 bits per heavy atom. The van der Waals surface area contributed by atoms with Gasteiger partial charge in [0, 0.05) is 0 Å². The van der Waals surface area contributed by atoms with Gasteiger partial charge in [-0.25, -0.2) is 0 Å². The molecule has 0 rings (SSSR count). The van der Waals surface area contributed by atoms with Crippen molar-refractivity contribution in [3.63, 3.8) is 0 Å². The summed E-state index contributed by atoms with van der Waals surface area (Å²) < 4.78 is 0. The maximum Gasteiger partial charge on any atom is 0.230 e. The van der Waals surface area contributed by atoms with E-state index in [4.69, 9.17) is 0 Å². The molecule has 70 valence electrons. The molecule has 0 aromatic rings. The lowest BCUT2D eigenvalue weighted by Crippen LogP contribution is -2.04. The first-order valence-electron chi connectivity index (χ1n) is 4.61. The SMILES string of the molecule is CC#CB(CC)CC.CN(C)C. The first kappa shape index (κ1) is 14.1. The van der Waals surface area contributed by atoms with Crippen LogP contribution >= 0.6 is 0 Å². The average molecular weight is 167 g/mol. The number of hydrogen-bond donors (Lipinski definition) is 0. The molecule has 0 N–H and O–H groups in total. The summed E-state index contributed by atoms with van der Waals surface area (Å²) in [5.41, 5.74) is 0. The Hall–Kier alpha value is -0.415. The molecule has 0 heterocycles. The van der Waals surface area contributed by atoms with E-state index in [9.17, 15) is 0 Å². The van der Waals surface area contributed by atoms with Crippen LogP contribution in [0.1, 0.15) is 20.8 Å². The molecule has 0 amide bonds. The summed E-state index contributed by atoms with van der Waals surface area (Å²) in [6.45, 7) is 6.90. The summed E-state index contributed by atoms with van der Waals surface area (Å²) in [5, 5.41) is 0. The lowest BCUT2D eigenvalue weighted by molar-refractivity contribution is 0.505. The third kappa shape index (κ3) is 16.3. The van der Waals surface area contributed by atoms with Crippen LogP contribution in [-0.4, -0.2) is 32.8 Å². The van der Waals surface area contributed by atoms with Gasteiger partial charge < -0.3 is 4.90 Å². The van der Waals surface area contributed by atoms with Gasteiger partial charge in [-0.3, -0.25) is 0 Å². The highest BCUT2D eigenvalue weighted by Crippen LogP contribution is 1.94. The van der Waals surface area contributed by atoms with E-state index in [-0.39, 0.29) is 0 Å². The first-order valence-corrected chi connectivity index (χ1v) is 4.61. The van der Waals surface area contributed by atoms with Gasteiger partial charge in [0.05, 0.1) is 0 Å². The van der Waals surface area contributed by atoms with Crippen molar-refractivity contribution in [2.45, 2.75) is 33.4 Å². The molecule has 0 saturated heterocycles. The molecule has 0 saturated carbocycles. The summed E-state index contributed by atoms with van der Waals surface area (Å²) in [4.78, 5) is 2.00. The minimum absolute atomic E-state index is 0.639. The summed E-state index contributed by atoms with van der Waals surface area (Å²) in [6.07, 6.45) is 2.38. The summed E-state index contributed by atoms with van der Waals surface area (Å²) in [6, 6.07) is 0. The van der Waals surface area contributed by atoms with Crippen molar-refractivity contribution in [1.82, 2.24) is 4.90 Å². The highest BCUT2D eigenvalue weighted by Gasteiger charge is 2.01. The Kier molecular flexibility index (Phi) is 12.5. The van der Waals surface area contributed by atoms with Crippen LogP contribution in [-0.2, 0) is 0 Å². The van der Waals surface area contributed by atoms with Crippen LogP contribution in [0.3, 0.4) is 0 Å². The molecule has 0 spiro atoms. The largest absolute Gasteiger partial charge is 0.312 e. The van der Waals surface area contributed by atoms with Crippen LogP contribution in [0.2, 0.25) is 12.6 Å². The van der Waals surface area contributed by atoms with Crippen LogP contribution in [0.4, 0.5) is 0 Å². The van der Waals surface area contributed by atoms with E-state index in [2.05, 4.69) is 25.6 Å². The third-order valence-corrected chi connectivity index (χ3v) is 1.33. The van der Waals surface area contributed by atoms with Gasteiger partial charge >= 0.3 is 0 Å². The van der Waals surface area contributed by atoms with Gasteiger partial charge in [-0.15, -0.1) is 5.92 Å². The van der Waals surface area contributed by atoms with Crippen molar-refractivity contribution in [3.8, 4) is 11.7 Å². The van der Waals surface area contributed by atoms with Crippen molar-refractivity contribution >= 4 is 6.71 Å². The number of hydrogen-bond acceptors (Lipinski definition) is 1. The predicted octanol–water partition coefficient (Wildman–Crippen LogP) is 2.26. The molecule has 0 aliphatic rings. The van der Waals surface area contributed by atoms with E-state index in [1.807, 2.05) is 33.0 Å². The molecule has 0 bridgehead atoms. The molecule has 0 aromatic heterocycles. The molecule has 1 nitrogen and oxygen atoms in total. The number of nitrogens with zero attached hydrogens (tertiary/aromatic N) is 1. The zero-order valence-electron chi connectivity index (χ0n) is 9.44. The highest BCUT2D eigenvalue weighted by atomic mass is 15.0. The van der Waals surface area contributed by atoms with Gasteiger partial charge in [0.1, 0.15) is 0 Å². The molecule has 0 fully saturated rings. The highest BCUT2D eigenvalue weighted by molar-refractivity contribution is 6.67. The predicted molar refractivity (Wildman–Crippen MR) is 59.8 cm³/mol. The Labute approximate surface area is 78.6 Å². The van der Waals surface area contributed by atoms with Crippen LogP contribution in [0.5, 0.6) is 0 Å². The Bertz CT molecular complexity index is 126. The van der Waals surface area contributed by atoms with Gasteiger partial charge in [0.15, 0.2) is 0 Å². The van der Waals surface area contributed by atoms with Gasteiger partial charge in [-0.2, -0.15) is 5.82 Å². The van der Waals surface area contributed by atoms with Crippen LogP contribution < -0.4 is 0 Å². The lowest BCUT2D eigenvalue weighted by atomic mass is 9.47. The van der Waals surface area contributed by atoms with Crippen LogP contribution in [0.15, 0.2) is 0 Å². The maximum absolute atomic E-state index is 3.13. The van der Waals surface area contributed by atoms with Crippen molar-refractivity contribution < 1.29 is 0 Å². The summed E-state index contributed by atoms with van der Waals surface area (Å²) >= 11 is 0. The van der Waals surface area contributed by atoms with Crippen molar-refractivity contribution in [1.29, 1.82) is 0 Å². The quantitative estimate of drug-likeness (QED) is 0.450. The Balaban J connectivity index is 0. The van der Waals surface area contributed by atoms with E-state index < -0.39 is 0 Å². The molecule has 0 unspecified atom stereocenters. The Morgan fingerprint density at radius 3 is 1.50 bits per heavy atom. The van der Waals surface area contributed by atoms with Crippen molar-refractivity contribution in [2.75, 3.05) is 21.1 Å². The molecule has 0 radical (unpaired) electrons. The standard InChI is InChI=1S/C7H13B.C3H9N/c1-4-7-8(5-2)6-3;1-4(2)3/h5-6H2,1-3H3;1-3H3. The van der Waals surface area contributed by atoms with Gasteiger partial charge in [0.2, 0.25) is 6.71 Å². The fraction of sp³-hybridized carbons (Fsp3) is 0.800. The van der Waals surface area contributed by atoms with E-state index in [0.717, 1.165) is 0 Å². The van der Waals surface area contributed by atoms with Gasteiger partial charge in [-0.05, 0) is 28.1 Å². The van der Waals surface area contributed by atoms with Crippen LogP contribution in [0, 0.1) is 11.7 Å². The molecule has 2 heteroatoms. The molecular weight excluding hydrogens is 145 g/mol. The van der Waals surface area contributed by atoms with Crippen LogP contribution in [0.25, 0.3) is 0 Å². The molecule has 12 heavy (non-hydrogen) atoms. The first-order chi connectivity index (χ1) is 5.58. The monoisotopic (exact) mass is 167 g/mol. The molecular formula is C10H22BN. The fourth-order valence-corrected chi connectivity index (χ4v) is 0.697. The molecule has 0 aliphatic carbocycles. The summed E-state index contributed by atoms with van der Waals surface area (Å²) in [5.74, 6) is 6.05. The summed E-state index contributed by atoms with van der Waals surface area (Å²) in [7, 11) is 6.00. The van der Waals surface area contributed by atoms with Gasteiger partial charge in [0.25, 0.3) is 0 Å². The van der Waals surface area contributed by atoms with E-state index in [0.29, 0.717) is 6.71 Å². The topological polar surface area (TPSA) is 3.24 Å². The van der Waals surface area contributed by atoms with E-state index >= 15 is 0 Å². The second kappa shape index (κ2) is 10.6. The van der Waals surface area contributed by atoms with Gasteiger partial charge in [-0.1, -0.05) is 26.5 Å². The van der Waals surface area contributed by atoms with E-state index in [1.54, 1.807) is 0 Å². The fourth-order valence-electron chi connectivity index (χ4n) is 0.697. The zero-order chi connectivity index (χ0) is 9.98. The normalized spacial score (nSPS) is 7.92. The molecule has 0 aromatic carbocycles.